The van der Waals surface area contributed by atoms with Crippen LogP contribution in [0.3, 0.4) is 0 Å². The van der Waals surface area contributed by atoms with Crippen LogP contribution in [0.2, 0.25) is 0 Å². The first-order chi connectivity index (χ1) is 17.1. The Morgan fingerprint density at radius 1 is 0.971 bits per heavy atom. The number of amides is 1. The van der Waals surface area contributed by atoms with Gasteiger partial charge in [-0.3, -0.25) is 23.9 Å². The van der Waals surface area contributed by atoms with E-state index < -0.39 is 0 Å². The number of fused-ring (bicyclic) bond motifs is 2. The summed E-state index contributed by atoms with van der Waals surface area (Å²) in [5.74, 6) is -0.198. The van der Waals surface area contributed by atoms with Gasteiger partial charge in [0.15, 0.2) is 22.5 Å². The predicted molar refractivity (Wildman–Crippen MR) is 133 cm³/mol. The van der Waals surface area contributed by atoms with Crippen LogP contribution in [-0.4, -0.2) is 43.0 Å². The van der Waals surface area contributed by atoms with Crippen molar-refractivity contribution in [3.63, 3.8) is 0 Å². The van der Waals surface area contributed by atoms with E-state index in [-0.39, 0.29) is 34.4 Å². The van der Waals surface area contributed by atoms with Crippen LogP contribution in [0.15, 0.2) is 84.8 Å². The first-order valence-corrected chi connectivity index (χ1v) is 11.8. The molecule has 1 aliphatic rings. The highest BCUT2D eigenvalue weighted by Gasteiger charge is 2.31. The topological polar surface area (TPSA) is 107 Å². The maximum atomic E-state index is 13.1. The molecule has 172 valence electrons. The van der Waals surface area contributed by atoms with Gasteiger partial charge in [-0.05, 0) is 18.2 Å². The zero-order chi connectivity index (χ0) is 24.4. The number of aromatic nitrogens is 4. The summed E-state index contributed by atoms with van der Waals surface area (Å²) in [5.41, 5.74) is 2.31. The fourth-order valence-corrected chi connectivity index (χ4v) is 4.71. The van der Waals surface area contributed by atoms with Crippen LogP contribution in [0.1, 0.15) is 31.8 Å². The predicted octanol–water partition coefficient (Wildman–Crippen LogP) is 4.03. The normalized spacial score (nSPS) is 12.1. The number of allylic oxidation sites excluding steroid dienone is 1. The number of rotatable bonds is 7. The number of pyridine rings is 1. The molecule has 9 heteroatoms. The molecule has 4 aromatic rings. The lowest BCUT2D eigenvalue weighted by Gasteiger charge is -2.20. The average molecular weight is 482 g/mol. The van der Waals surface area contributed by atoms with E-state index in [0.29, 0.717) is 34.3 Å². The molecule has 2 heterocycles. The number of anilines is 1. The zero-order valence-corrected chi connectivity index (χ0v) is 19.3. The van der Waals surface area contributed by atoms with E-state index >= 15 is 0 Å². The van der Waals surface area contributed by atoms with E-state index in [2.05, 4.69) is 27.1 Å². The zero-order valence-electron chi connectivity index (χ0n) is 18.5. The molecule has 0 bridgehead atoms. The van der Waals surface area contributed by atoms with Gasteiger partial charge >= 0.3 is 0 Å². The number of benzene rings is 2. The van der Waals surface area contributed by atoms with Gasteiger partial charge in [-0.2, -0.15) is 0 Å². The summed E-state index contributed by atoms with van der Waals surface area (Å²) >= 11 is 1.21. The number of carbonyl (C=O) groups is 3. The van der Waals surface area contributed by atoms with Gasteiger partial charge in [0.05, 0.1) is 17.0 Å². The molecule has 0 atom stereocenters. The van der Waals surface area contributed by atoms with Crippen molar-refractivity contribution in [2.24, 2.45) is 0 Å². The van der Waals surface area contributed by atoms with Crippen molar-refractivity contribution in [3.8, 4) is 11.4 Å². The van der Waals surface area contributed by atoms with Crippen LogP contribution >= 0.6 is 11.8 Å². The number of nitrogens with one attached hydrogen (secondary N) is 1. The highest BCUT2D eigenvalue weighted by atomic mass is 32.2. The van der Waals surface area contributed by atoms with Crippen molar-refractivity contribution in [1.82, 2.24) is 19.7 Å². The molecule has 0 spiro atoms. The quantitative estimate of drug-likeness (QED) is 0.276. The summed E-state index contributed by atoms with van der Waals surface area (Å²) in [6.07, 6.45) is 5.10. The van der Waals surface area contributed by atoms with E-state index in [1.54, 1.807) is 60.9 Å². The molecule has 2 aromatic carbocycles. The van der Waals surface area contributed by atoms with E-state index in [1.165, 1.54) is 11.8 Å². The van der Waals surface area contributed by atoms with Crippen molar-refractivity contribution >= 4 is 34.9 Å². The van der Waals surface area contributed by atoms with Crippen LogP contribution in [0.25, 0.3) is 11.4 Å². The fourth-order valence-electron chi connectivity index (χ4n) is 3.96. The van der Waals surface area contributed by atoms with Gasteiger partial charge in [0.25, 0.3) is 0 Å². The molecule has 1 N–H and O–H groups in total. The molecular weight excluding hydrogens is 462 g/mol. The molecule has 0 saturated heterocycles. The minimum atomic E-state index is -0.335. The SMILES string of the molecule is C=CCn1c(SCC(=O)Nc2cccc3c2C(=O)c2ccccc2C3=O)nnc1-c1cccnc1. The highest BCUT2D eigenvalue weighted by Crippen LogP contribution is 2.32. The lowest BCUT2D eigenvalue weighted by atomic mass is 9.83. The summed E-state index contributed by atoms with van der Waals surface area (Å²) in [6, 6.07) is 15.3. The van der Waals surface area contributed by atoms with Gasteiger partial charge in [-0.1, -0.05) is 54.2 Å². The monoisotopic (exact) mass is 481 g/mol. The van der Waals surface area contributed by atoms with Gasteiger partial charge < -0.3 is 5.32 Å². The Morgan fingerprint density at radius 2 is 1.74 bits per heavy atom. The van der Waals surface area contributed by atoms with E-state index in [4.69, 9.17) is 0 Å². The second-order valence-electron chi connectivity index (χ2n) is 7.72. The molecule has 5 rings (SSSR count). The Balaban J connectivity index is 1.36. The molecule has 0 aliphatic heterocycles. The first kappa shape index (κ1) is 22.4. The van der Waals surface area contributed by atoms with Crippen molar-refractivity contribution in [2.75, 3.05) is 11.1 Å². The average Bonchev–Trinajstić information content (AvgIpc) is 3.29. The third kappa shape index (κ3) is 4.17. The minimum Gasteiger partial charge on any atom is -0.325 e. The first-order valence-electron chi connectivity index (χ1n) is 10.8. The number of ketones is 2. The van der Waals surface area contributed by atoms with Crippen molar-refractivity contribution in [1.29, 1.82) is 0 Å². The number of thioether (sulfide) groups is 1. The Morgan fingerprint density at radius 3 is 2.49 bits per heavy atom. The number of nitrogens with zero attached hydrogens (tertiary/aromatic N) is 4. The molecule has 35 heavy (non-hydrogen) atoms. The van der Waals surface area contributed by atoms with E-state index in [9.17, 15) is 14.4 Å². The molecule has 8 nitrogen and oxygen atoms in total. The van der Waals surface area contributed by atoms with E-state index in [0.717, 1.165) is 5.56 Å². The van der Waals surface area contributed by atoms with Gasteiger partial charge in [-0.15, -0.1) is 16.8 Å². The van der Waals surface area contributed by atoms with Gasteiger partial charge in [0.2, 0.25) is 5.91 Å². The Hall–Kier alpha value is -4.37. The molecule has 0 fully saturated rings. The largest absolute Gasteiger partial charge is 0.325 e. The summed E-state index contributed by atoms with van der Waals surface area (Å²) in [4.78, 5) is 43.0. The smallest absolute Gasteiger partial charge is 0.234 e. The Bertz CT molecular complexity index is 1480. The molecule has 0 saturated carbocycles. The van der Waals surface area contributed by atoms with Crippen LogP contribution in [0.4, 0.5) is 5.69 Å². The van der Waals surface area contributed by atoms with Crippen molar-refractivity contribution in [2.45, 2.75) is 11.7 Å². The molecule has 0 unspecified atom stereocenters. The fraction of sp³-hybridized carbons (Fsp3) is 0.0769. The molecule has 1 aliphatic carbocycles. The lowest BCUT2D eigenvalue weighted by molar-refractivity contribution is -0.113. The standard InChI is InChI=1S/C26H19N5O3S/c1-2-13-31-25(16-7-6-12-27-14-16)29-30-26(31)35-15-21(32)28-20-11-5-10-19-22(20)24(34)18-9-4-3-8-17(18)23(19)33/h2-12,14H,1,13,15H2,(H,28,32). The summed E-state index contributed by atoms with van der Waals surface area (Å²) in [7, 11) is 0. The van der Waals surface area contributed by atoms with E-state index in [1.807, 2.05) is 16.7 Å². The summed E-state index contributed by atoms with van der Waals surface area (Å²) < 4.78 is 1.85. The van der Waals surface area contributed by atoms with Crippen molar-refractivity contribution < 1.29 is 14.4 Å². The summed E-state index contributed by atoms with van der Waals surface area (Å²) in [6.45, 7) is 4.25. The third-order valence-electron chi connectivity index (χ3n) is 5.51. The van der Waals surface area contributed by atoms with Crippen molar-refractivity contribution in [3.05, 3.63) is 102 Å². The van der Waals surface area contributed by atoms with Gasteiger partial charge in [0, 0.05) is 41.2 Å². The van der Waals surface area contributed by atoms with Crippen LogP contribution < -0.4 is 5.32 Å². The van der Waals surface area contributed by atoms with Gasteiger partial charge in [-0.25, -0.2) is 0 Å². The Kier molecular flexibility index (Phi) is 6.07. The highest BCUT2D eigenvalue weighted by molar-refractivity contribution is 7.99. The molecule has 1 amide bonds. The number of carbonyl (C=O) groups excluding carboxylic acids is 3. The second kappa shape index (κ2) is 9.47. The number of hydrogen-bond acceptors (Lipinski definition) is 7. The second-order valence-corrected chi connectivity index (χ2v) is 8.66. The third-order valence-corrected chi connectivity index (χ3v) is 6.47. The van der Waals surface area contributed by atoms with Crippen LogP contribution in [0, 0.1) is 0 Å². The summed E-state index contributed by atoms with van der Waals surface area (Å²) in [5, 5.41) is 11.8. The maximum absolute atomic E-state index is 13.1. The maximum Gasteiger partial charge on any atom is 0.234 e. The van der Waals surface area contributed by atoms with Crippen LogP contribution in [-0.2, 0) is 11.3 Å². The Labute approximate surface area is 205 Å². The molecule has 2 aromatic heterocycles. The number of hydrogen-bond donors (Lipinski definition) is 1. The molecule has 0 radical (unpaired) electrons. The van der Waals surface area contributed by atoms with Gasteiger partial charge in [0.1, 0.15) is 0 Å². The minimum absolute atomic E-state index is 0.0324. The lowest BCUT2D eigenvalue weighted by Crippen LogP contribution is -2.24. The van der Waals surface area contributed by atoms with Crippen LogP contribution in [0.5, 0.6) is 0 Å². The molecular formula is C26H19N5O3S.